The van der Waals surface area contributed by atoms with Crippen LogP contribution in [0.15, 0.2) is 271 Å². The smallest absolute Gasteiger partial charge is 0.181 e. The van der Waals surface area contributed by atoms with Crippen LogP contribution in [0.25, 0.3) is 22.3 Å². The molecule has 0 saturated heterocycles. The second-order valence-electron chi connectivity index (χ2n) is 16.8. The van der Waals surface area contributed by atoms with Crippen LogP contribution in [0.2, 0.25) is 0 Å². The zero-order valence-corrected chi connectivity index (χ0v) is 38.0. The SMILES string of the molecule is c1ccc(-c2cc(-c3ccccc3)cc(N(c3ccccc3)c3ccc4c(c3)[Si](c3ccccc3)(c3ccccc3)c3ccccc3[Si]43c4ccccc4Sc4ccccc43)c2)cc1. The van der Waals surface area contributed by atoms with Gasteiger partial charge in [0.15, 0.2) is 16.1 Å². The van der Waals surface area contributed by atoms with Crippen LogP contribution in [0.4, 0.5) is 17.1 Å². The molecule has 2 heterocycles. The first kappa shape index (κ1) is 38.5. The molecule has 0 radical (unpaired) electrons. The zero-order valence-electron chi connectivity index (χ0n) is 35.2. The van der Waals surface area contributed by atoms with Crippen molar-refractivity contribution in [3.63, 3.8) is 0 Å². The Kier molecular flexibility index (Phi) is 9.52. The number of hydrogen-bond donors (Lipinski definition) is 0. The zero-order chi connectivity index (χ0) is 42.5. The van der Waals surface area contributed by atoms with Crippen molar-refractivity contribution < 1.29 is 0 Å². The lowest BCUT2D eigenvalue weighted by Gasteiger charge is -2.50. The summed E-state index contributed by atoms with van der Waals surface area (Å²) in [5, 5.41) is 11.7. The van der Waals surface area contributed by atoms with Crippen LogP contribution in [0.3, 0.4) is 0 Å². The van der Waals surface area contributed by atoms with Crippen LogP contribution in [0, 0.1) is 0 Å². The summed E-state index contributed by atoms with van der Waals surface area (Å²) < 4.78 is 0. The van der Waals surface area contributed by atoms with Gasteiger partial charge < -0.3 is 4.90 Å². The molecule has 302 valence electrons. The highest BCUT2D eigenvalue weighted by atomic mass is 32.2. The molecule has 0 N–H and O–H groups in total. The van der Waals surface area contributed by atoms with Gasteiger partial charge in [0.05, 0.1) is 0 Å². The van der Waals surface area contributed by atoms with Gasteiger partial charge in [0.2, 0.25) is 0 Å². The van der Waals surface area contributed by atoms with Gasteiger partial charge in [0.25, 0.3) is 0 Å². The Morgan fingerprint density at radius 2 is 0.656 bits per heavy atom. The second kappa shape index (κ2) is 15.8. The molecule has 10 aromatic rings. The Bertz CT molecular complexity index is 3160. The predicted molar refractivity (Wildman–Crippen MR) is 277 cm³/mol. The summed E-state index contributed by atoms with van der Waals surface area (Å²) in [6.07, 6.45) is 0. The van der Waals surface area contributed by atoms with Crippen molar-refractivity contribution in [2.24, 2.45) is 0 Å². The molecule has 64 heavy (non-hydrogen) atoms. The summed E-state index contributed by atoms with van der Waals surface area (Å²) >= 11 is 1.93. The Labute approximate surface area is 382 Å². The highest BCUT2D eigenvalue weighted by Gasteiger charge is 2.58. The van der Waals surface area contributed by atoms with E-state index in [0.29, 0.717) is 0 Å². The monoisotopic (exact) mass is 865 g/mol. The van der Waals surface area contributed by atoms with E-state index in [2.05, 4.69) is 266 Å². The molecule has 12 rings (SSSR count). The second-order valence-corrected chi connectivity index (χ2v) is 25.2. The molecule has 0 saturated carbocycles. The molecular weight excluding hydrogens is 823 g/mol. The third-order valence-corrected chi connectivity index (χ3v) is 25.3. The summed E-state index contributed by atoms with van der Waals surface area (Å²) in [5.74, 6) is 0. The molecule has 2 aliphatic heterocycles. The van der Waals surface area contributed by atoms with E-state index in [9.17, 15) is 0 Å². The van der Waals surface area contributed by atoms with Crippen LogP contribution in [-0.2, 0) is 0 Å². The first-order valence-corrected chi connectivity index (χ1v) is 26.9. The Morgan fingerprint density at radius 3 is 1.17 bits per heavy atom. The number of nitrogens with zero attached hydrogens (tertiary/aromatic N) is 1. The average Bonchev–Trinajstić information content (AvgIpc) is 3.38. The number of rotatable bonds is 7. The van der Waals surface area contributed by atoms with E-state index in [1.807, 2.05) is 11.8 Å². The molecule has 4 heteroatoms. The topological polar surface area (TPSA) is 3.24 Å². The number of anilines is 3. The molecule has 0 aliphatic carbocycles. The molecule has 0 unspecified atom stereocenters. The minimum atomic E-state index is -3.03. The Morgan fingerprint density at radius 1 is 0.250 bits per heavy atom. The van der Waals surface area contributed by atoms with Gasteiger partial charge >= 0.3 is 0 Å². The third-order valence-electron chi connectivity index (χ3n) is 13.4. The Balaban J connectivity index is 1.22. The van der Waals surface area contributed by atoms with Crippen LogP contribution in [-0.4, -0.2) is 16.1 Å². The minimum Gasteiger partial charge on any atom is -0.310 e. The van der Waals surface area contributed by atoms with Crippen molar-refractivity contribution in [2.75, 3.05) is 4.90 Å². The van der Waals surface area contributed by atoms with Crippen LogP contribution < -0.4 is 46.4 Å². The van der Waals surface area contributed by atoms with Crippen molar-refractivity contribution in [3.8, 4) is 22.3 Å². The maximum absolute atomic E-state index is 3.03. The van der Waals surface area contributed by atoms with Crippen molar-refractivity contribution in [1.82, 2.24) is 0 Å². The van der Waals surface area contributed by atoms with E-state index in [4.69, 9.17) is 0 Å². The number of para-hydroxylation sites is 1. The van der Waals surface area contributed by atoms with E-state index in [-0.39, 0.29) is 0 Å². The first-order chi connectivity index (χ1) is 31.7. The molecule has 10 aromatic carbocycles. The highest BCUT2D eigenvalue weighted by Crippen LogP contribution is 2.40. The number of benzene rings is 10. The molecule has 1 nitrogen and oxygen atoms in total. The number of fused-ring (bicyclic) bond motifs is 8. The van der Waals surface area contributed by atoms with E-state index < -0.39 is 16.1 Å². The molecule has 0 aromatic heterocycles. The fourth-order valence-corrected chi connectivity index (χ4v) is 25.1. The molecular formula is C60H43NSSi2. The fourth-order valence-electron chi connectivity index (χ4n) is 10.8. The summed E-state index contributed by atoms with van der Waals surface area (Å²) in [4.78, 5) is 5.23. The van der Waals surface area contributed by atoms with Crippen molar-refractivity contribution in [3.05, 3.63) is 261 Å². The van der Waals surface area contributed by atoms with Gasteiger partial charge in [-0.05, 0) is 118 Å². The number of hydrogen-bond acceptors (Lipinski definition) is 2. The molecule has 0 amide bonds. The van der Waals surface area contributed by atoms with E-state index in [1.54, 1.807) is 0 Å². The van der Waals surface area contributed by atoms with Gasteiger partial charge in [-0.15, -0.1) is 0 Å². The van der Waals surface area contributed by atoms with Gasteiger partial charge in [-0.25, -0.2) is 0 Å². The molecule has 0 atom stereocenters. The van der Waals surface area contributed by atoms with Gasteiger partial charge in [-0.3, -0.25) is 0 Å². The summed E-state index contributed by atoms with van der Waals surface area (Å²) in [5.41, 5.74) is 8.13. The van der Waals surface area contributed by atoms with Gasteiger partial charge in [0.1, 0.15) is 0 Å². The average molecular weight is 866 g/mol. The maximum atomic E-state index is 2.63. The lowest BCUT2D eigenvalue weighted by Crippen LogP contribution is -2.93. The lowest BCUT2D eigenvalue weighted by molar-refractivity contribution is 1.29. The summed E-state index contributed by atoms with van der Waals surface area (Å²) in [7, 11) is -5.97. The first-order valence-electron chi connectivity index (χ1n) is 22.1. The third kappa shape index (κ3) is 5.98. The quantitative estimate of drug-likeness (QED) is 0.147. The largest absolute Gasteiger partial charge is 0.310 e. The molecule has 1 spiro atoms. The molecule has 0 bridgehead atoms. The fraction of sp³-hybridized carbons (Fsp3) is 0. The molecule has 2 aliphatic rings. The van der Waals surface area contributed by atoms with Gasteiger partial charge in [0, 0.05) is 26.9 Å². The van der Waals surface area contributed by atoms with Crippen molar-refractivity contribution in [1.29, 1.82) is 0 Å². The van der Waals surface area contributed by atoms with Crippen LogP contribution in [0.5, 0.6) is 0 Å². The van der Waals surface area contributed by atoms with E-state index in [0.717, 1.165) is 17.1 Å². The van der Waals surface area contributed by atoms with Crippen LogP contribution in [0.1, 0.15) is 0 Å². The maximum Gasteiger partial charge on any atom is 0.181 e. The van der Waals surface area contributed by atoms with Crippen molar-refractivity contribution in [2.45, 2.75) is 9.79 Å². The van der Waals surface area contributed by atoms with Crippen molar-refractivity contribution >= 4 is 86.5 Å². The van der Waals surface area contributed by atoms with Gasteiger partial charge in [-0.2, -0.15) is 0 Å². The molecule has 0 fully saturated rings. The summed E-state index contributed by atoms with van der Waals surface area (Å²) in [6.45, 7) is 0. The van der Waals surface area contributed by atoms with Crippen LogP contribution >= 0.6 is 11.8 Å². The standard InChI is InChI=1S/C60H43NSSi2/c1-6-22-44(23-7-1)46-40-47(45-24-8-2-9-25-45)42-50(41-46)61(48-26-10-3-11-27-48)49-38-39-59-60(43-49)63(51-28-12-4-13-29-51,52-30-14-5-15-31-52)57-36-20-21-37-58(57)64(59)55-34-18-16-32-53(55)62-54-33-17-19-35-56(54)64/h1-43H. The van der Waals surface area contributed by atoms with E-state index >= 15 is 0 Å². The normalized spacial score (nSPS) is 13.8. The summed E-state index contributed by atoms with van der Waals surface area (Å²) in [6, 6.07) is 98.5. The lowest BCUT2D eigenvalue weighted by atomic mass is 9.97. The predicted octanol–water partition coefficient (Wildman–Crippen LogP) is 10.0. The minimum absolute atomic E-state index is 1.12. The highest BCUT2D eigenvalue weighted by molar-refractivity contribution is 8.00. The Hall–Kier alpha value is -7.22. The van der Waals surface area contributed by atoms with E-state index in [1.165, 1.54) is 73.5 Å². The van der Waals surface area contributed by atoms with Gasteiger partial charge in [-0.1, -0.05) is 218 Å².